The van der Waals surface area contributed by atoms with Gasteiger partial charge in [0.05, 0.1) is 11.6 Å². The molecule has 0 amide bonds. The van der Waals surface area contributed by atoms with Gasteiger partial charge in [0.2, 0.25) is 0 Å². The fraction of sp³-hybridized carbons (Fsp3) is 0.222. The van der Waals surface area contributed by atoms with Gasteiger partial charge in [-0.3, -0.25) is 0 Å². The van der Waals surface area contributed by atoms with Crippen LogP contribution in [0.5, 0.6) is 0 Å². The van der Waals surface area contributed by atoms with E-state index in [0.717, 1.165) is 6.07 Å². The maximum Gasteiger partial charge on any atom is 0.464 e. The van der Waals surface area contributed by atoms with Crippen molar-refractivity contribution in [2.24, 2.45) is 0 Å². The van der Waals surface area contributed by atoms with Crippen LogP contribution in [-0.2, 0) is 0 Å². The molecule has 0 N–H and O–H groups in total. The zero-order valence-corrected chi connectivity index (χ0v) is 8.67. The Balaban J connectivity index is 3.02. The van der Waals surface area contributed by atoms with E-state index in [2.05, 4.69) is 0 Å². The van der Waals surface area contributed by atoms with Crippen molar-refractivity contribution in [2.45, 2.75) is 16.3 Å². The summed E-state index contributed by atoms with van der Waals surface area (Å²) >= 11 is -0.944. The number of alkyl halides is 5. The molecule has 0 spiro atoms. The van der Waals surface area contributed by atoms with Crippen LogP contribution >= 0.6 is 11.8 Å². The lowest BCUT2D eigenvalue weighted by Gasteiger charge is -2.18. The summed E-state index contributed by atoms with van der Waals surface area (Å²) in [5.74, 6) is -1.29. The zero-order valence-electron chi connectivity index (χ0n) is 7.86. The van der Waals surface area contributed by atoms with E-state index in [-0.39, 0.29) is 5.56 Å². The maximum atomic E-state index is 13.1. The second-order valence-electron chi connectivity index (χ2n) is 2.87. The Morgan fingerprint density at radius 3 is 2.12 bits per heavy atom. The molecule has 1 aromatic rings. The van der Waals surface area contributed by atoms with E-state index in [1.54, 1.807) is 0 Å². The molecule has 0 saturated heterocycles. The van der Waals surface area contributed by atoms with Gasteiger partial charge in [-0.05, 0) is 30.0 Å². The van der Waals surface area contributed by atoms with Crippen LogP contribution in [0.2, 0.25) is 0 Å². The highest BCUT2D eigenvalue weighted by Crippen LogP contribution is 2.48. The Hall–Kier alpha value is -1.36. The molecule has 0 unspecified atom stereocenters. The normalized spacial score (nSPS) is 12.3. The number of hydrogen-bond donors (Lipinski definition) is 0. The van der Waals surface area contributed by atoms with Gasteiger partial charge in [0.25, 0.3) is 0 Å². The summed E-state index contributed by atoms with van der Waals surface area (Å²) in [4.78, 5) is -0.869. The van der Waals surface area contributed by atoms with Gasteiger partial charge in [-0.25, -0.2) is 4.39 Å². The first-order chi connectivity index (χ1) is 7.67. The molecule has 0 aromatic heterocycles. The molecule has 1 rings (SSSR count). The van der Waals surface area contributed by atoms with Gasteiger partial charge in [0.15, 0.2) is 0 Å². The van der Waals surface area contributed by atoms with Crippen LogP contribution in [-0.4, -0.2) is 11.4 Å². The second-order valence-corrected chi connectivity index (χ2v) is 4.03. The lowest BCUT2D eigenvalue weighted by molar-refractivity contribution is -0.237. The first-order valence-electron chi connectivity index (χ1n) is 4.00. The monoisotopic (exact) mass is 271 g/mol. The highest BCUT2D eigenvalue weighted by atomic mass is 32.2. The molecule has 92 valence electrons. The zero-order chi connectivity index (χ0) is 13.3. The van der Waals surface area contributed by atoms with Crippen molar-refractivity contribution in [3.05, 3.63) is 29.6 Å². The van der Waals surface area contributed by atoms with Gasteiger partial charge < -0.3 is 0 Å². The van der Waals surface area contributed by atoms with E-state index >= 15 is 0 Å². The average molecular weight is 271 g/mol. The summed E-state index contributed by atoms with van der Waals surface area (Å²) in [5, 5.41) is 3.28. The Kier molecular flexibility index (Phi) is 3.62. The first-order valence-corrected chi connectivity index (χ1v) is 4.82. The van der Waals surface area contributed by atoms with Crippen molar-refractivity contribution < 1.29 is 26.3 Å². The fourth-order valence-corrected chi connectivity index (χ4v) is 1.53. The maximum absolute atomic E-state index is 13.1. The van der Waals surface area contributed by atoms with Gasteiger partial charge in [-0.2, -0.15) is 27.2 Å². The minimum Gasteiger partial charge on any atom is -0.206 e. The third kappa shape index (κ3) is 3.06. The largest absolute Gasteiger partial charge is 0.464 e. The molecule has 8 heteroatoms. The number of thioether (sulfide) groups is 1. The summed E-state index contributed by atoms with van der Waals surface area (Å²) in [6, 6.07) is 3.78. The van der Waals surface area contributed by atoms with Crippen molar-refractivity contribution >= 4 is 11.8 Å². The molecule has 1 nitrogen and oxygen atoms in total. The number of nitriles is 1. The Morgan fingerprint density at radius 1 is 1.12 bits per heavy atom. The summed E-state index contributed by atoms with van der Waals surface area (Å²) in [7, 11) is 0. The molecular formula is C9H3F6NS. The molecule has 0 fully saturated rings. The van der Waals surface area contributed by atoms with Crippen LogP contribution in [0.1, 0.15) is 5.56 Å². The van der Waals surface area contributed by atoms with Crippen molar-refractivity contribution in [3.63, 3.8) is 0 Å². The molecule has 0 saturated carbocycles. The number of benzene rings is 1. The van der Waals surface area contributed by atoms with Crippen LogP contribution in [0.4, 0.5) is 26.3 Å². The molecule has 0 aliphatic rings. The predicted molar refractivity (Wildman–Crippen MR) is 48.0 cm³/mol. The summed E-state index contributed by atoms with van der Waals surface area (Å²) in [5.41, 5.74) is -0.165. The molecule has 0 atom stereocenters. The third-order valence-electron chi connectivity index (χ3n) is 1.63. The molecule has 17 heavy (non-hydrogen) atoms. The Labute approximate surface area is 96.0 Å². The van der Waals surface area contributed by atoms with Crippen molar-refractivity contribution in [1.82, 2.24) is 0 Å². The standard InChI is InChI=1S/C9H3F6NS/c10-6-3-5(4-16)1-2-7(6)17-9(14,15)8(11,12)13/h1-3H. The van der Waals surface area contributed by atoms with Crippen LogP contribution in [0.25, 0.3) is 0 Å². The van der Waals surface area contributed by atoms with E-state index in [0.29, 0.717) is 12.1 Å². The lowest BCUT2D eigenvalue weighted by atomic mass is 10.2. The van der Waals surface area contributed by atoms with E-state index in [1.165, 1.54) is 6.07 Å². The van der Waals surface area contributed by atoms with Gasteiger partial charge in [-0.15, -0.1) is 0 Å². The van der Waals surface area contributed by atoms with Gasteiger partial charge in [-0.1, -0.05) is 0 Å². The minimum absolute atomic E-state index is 0.165. The molecule has 0 heterocycles. The summed E-state index contributed by atoms with van der Waals surface area (Å²) < 4.78 is 73.8. The van der Waals surface area contributed by atoms with E-state index in [4.69, 9.17) is 5.26 Å². The molecule has 0 radical (unpaired) electrons. The van der Waals surface area contributed by atoms with Crippen LogP contribution in [0.3, 0.4) is 0 Å². The number of hydrogen-bond acceptors (Lipinski definition) is 2. The Morgan fingerprint density at radius 2 is 1.71 bits per heavy atom. The molecule has 0 aliphatic carbocycles. The summed E-state index contributed by atoms with van der Waals surface area (Å²) in [6.07, 6.45) is -5.77. The lowest BCUT2D eigenvalue weighted by Crippen LogP contribution is -2.32. The highest BCUT2D eigenvalue weighted by Gasteiger charge is 2.58. The first kappa shape index (κ1) is 13.7. The van der Waals surface area contributed by atoms with E-state index < -0.39 is 33.9 Å². The minimum atomic E-state index is -5.77. The van der Waals surface area contributed by atoms with Crippen LogP contribution in [0, 0.1) is 17.1 Å². The molecule has 0 aliphatic heterocycles. The van der Waals surface area contributed by atoms with Gasteiger partial charge in [0, 0.05) is 4.90 Å². The molecule has 0 bridgehead atoms. The SMILES string of the molecule is N#Cc1ccc(SC(F)(F)C(F)(F)F)c(F)c1. The highest BCUT2D eigenvalue weighted by molar-refractivity contribution is 8.00. The van der Waals surface area contributed by atoms with Crippen LogP contribution in [0.15, 0.2) is 23.1 Å². The topological polar surface area (TPSA) is 23.8 Å². The van der Waals surface area contributed by atoms with E-state index in [9.17, 15) is 26.3 Å². The van der Waals surface area contributed by atoms with Crippen molar-refractivity contribution in [3.8, 4) is 6.07 Å². The van der Waals surface area contributed by atoms with Crippen molar-refractivity contribution in [1.29, 1.82) is 5.26 Å². The second kappa shape index (κ2) is 4.49. The third-order valence-corrected chi connectivity index (χ3v) is 2.67. The van der Waals surface area contributed by atoms with Gasteiger partial charge >= 0.3 is 11.4 Å². The predicted octanol–water partition coefficient (Wildman–Crippen LogP) is 3.94. The fourth-order valence-electron chi connectivity index (χ4n) is 0.849. The molecule has 1 aromatic carbocycles. The van der Waals surface area contributed by atoms with E-state index in [1.807, 2.05) is 0 Å². The summed E-state index contributed by atoms with van der Waals surface area (Å²) in [6.45, 7) is 0. The number of nitrogens with zero attached hydrogens (tertiary/aromatic N) is 1. The van der Waals surface area contributed by atoms with Crippen LogP contribution < -0.4 is 0 Å². The average Bonchev–Trinajstić information content (AvgIpc) is 2.19. The molecular weight excluding hydrogens is 268 g/mol. The Bertz CT molecular complexity index is 462. The number of rotatable bonds is 2. The van der Waals surface area contributed by atoms with Gasteiger partial charge in [0.1, 0.15) is 5.82 Å². The number of halogens is 6. The quantitative estimate of drug-likeness (QED) is 0.600. The van der Waals surface area contributed by atoms with Crippen molar-refractivity contribution in [2.75, 3.05) is 0 Å². The smallest absolute Gasteiger partial charge is 0.206 e.